The smallest absolute Gasteiger partial charge is 0.123 e. The number of hydrogen-bond donors (Lipinski definition) is 1. The van der Waals surface area contributed by atoms with Gasteiger partial charge in [0.15, 0.2) is 0 Å². The van der Waals surface area contributed by atoms with Crippen LogP contribution >= 0.6 is 0 Å². The average molecular weight is 286 g/mol. The zero-order chi connectivity index (χ0) is 14.7. The first-order chi connectivity index (χ1) is 10.3. The predicted octanol–water partition coefficient (Wildman–Crippen LogP) is 4.13. The van der Waals surface area contributed by atoms with Gasteiger partial charge in [-0.3, -0.25) is 0 Å². The topological polar surface area (TPSA) is 17.0 Å². The predicted molar refractivity (Wildman–Crippen MR) is 83.7 cm³/mol. The molecule has 1 atom stereocenters. The van der Waals surface area contributed by atoms with E-state index >= 15 is 0 Å². The molecule has 0 bridgehead atoms. The van der Waals surface area contributed by atoms with Gasteiger partial charge in [0.25, 0.3) is 0 Å². The zero-order valence-corrected chi connectivity index (χ0v) is 12.6. The van der Waals surface area contributed by atoms with Gasteiger partial charge in [0.2, 0.25) is 0 Å². The lowest BCUT2D eigenvalue weighted by Crippen LogP contribution is -2.23. The van der Waals surface area contributed by atoms with Crippen LogP contribution in [0, 0.1) is 11.7 Å². The molecular formula is C18H23FN2. The lowest BCUT2D eigenvalue weighted by Gasteiger charge is -2.16. The largest absolute Gasteiger partial charge is 0.350 e. The maximum atomic E-state index is 12.9. The third-order valence-electron chi connectivity index (χ3n) is 4.12. The molecule has 3 rings (SSSR count). The second-order valence-corrected chi connectivity index (χ2v) is 6.01. The molecule has 112 valence electrons. The van der Waals surface area contributed by atoms with Gasteiger partial charge < -0.3 is 9.88 Å². The van der Waals surface area contributed by atoms with Crippen molar-refractivity contribution in [1.82, 2.24) is 9.88 Å². The SMILES string of the molecule is CCCNC(c1ccn(Cc2ccc(F)cc2)c1)C1CC1. The van der Waals surface area contributed by atoms with Crippen LogP contribution in [-0.2, 0) is 6.54 Å². The summed E-state index contributed by atoms with van der Waals surface area (Å²) in [6.07, 6.45) is 8.20. The van der Waals surface area contributed by atoms with Crippen LogP contribution in [-0.4, -0.2) is 11.1 Å². The molecule has 2 nitrogen and oxygen atoms in total. The number of hydrogen-bond acceptors (Lipinski definition) is 1. The summed E-state index contributed by atoms with van der Waals surface area (Å²) in [5, 5.41) is 3.67. The minimum absolute atomic E-state index is 0.176. The van der Waals surface area contributed by atoms with Crippen molar-refractivity contribution in [3.63, 3.8) is 0 Å². The number of nitrogens with zero attached hydrogens (tertiary/aromatic N) is 1. The molecule has 1 heterocycles. The summed E-state index contributed by atoms with van der Waals surface area (Å²) in [7, 11) is 0. The molecule has 0 radical (unpaired) electrons. The Bertz CT molecular complexity index is 569. The first kappa shape index (κ1) is 14.3. The van der Waals surface area contributed by atoms with Gasteiger partial charge in [-0.05, 0) is 61.1 Å². The normalized spacial score (nSPS) is 16.1. The van der Waals surface area contributed by atoms with Crippen molar-refractivity contribution in [2.75, 3.05) is 6.54 Å². The highest BCUT2D eigenvalue weighted by molar-refractivity contribution is 5.21. The van der Waals surface area contributed by atoms with E-state index in [1.807, 2.05) is 12.1 Å². The van der Waals surface area contributed by atoms with Crippen LogP contribution in [0.25, 0.3) is 0 Å². The molecule has 1 fully saturated rings. The van der Waals surface area contributed by atoms with Crippen LogP contribution in [0.5, 0.6) is 0 Å². The van der Waals surface area contributed by atoms with E-state index in [0.717, 1.165) is 24.6 Å². The van der Waals surface area contributed by atoms with Crippen molar-refractivity contribution in [3.8, 4) is 0 Å². The highest BCUT2D eigenvalue weighted by atomic mass is 19.1. The van der Waals surface area contributed by atoms with Crippen molar-refractivity contribution in [3.05, 3.63) is 59.7 Å². The third-order valence-corrected chi connectivity index (χ3v) is 4.12. The van der Waals surface area contributed by atoms with E-state index in [2.05, 4.69) is 35.3 Å². The lowest BCUT2D eigenvalue weighted by molar-refractivity contribution is 0.480. The molecule has 0 saturated heterocycles. The summed E-state index contributed by atoms with van der Waals surface area (Å²) < 4.78 is 15.1. The van der Waals surface area contributed by atoms with Crippen LogP contribution in [0.4, 0.5) is 4.39 Å². The molecule has 0 amide bonds. The maximum absolute atomic E-state index is 12.9. The van der Waals surface area contributed by atoms with Crippen molar-refractivity contribution in [1.29, 1.82) is 0 Å². The van der Waals surface area contributed by atoms with E-state index in [1.54, 1.807) is 0 Å². The molecule has 1 aliphatic rings. The Balaban J connectivity index is 1.68. The summed E-state index contributed by atoms with van der Waals surface area (Å²) in [6, 6.07) is 9.46. The Morgan fingerprint density at radius 1 is 1.24 bits per heavy atom. The molecule has 1 aromatic carbocycles. The molecule has 21 heavy (non-hydrogen) atoms. The summed E-state index contributed by atoms with van der Waals surface area (Å²) in [5.41, 5.74) is 2.51. The lowest BCUT2D eigenvalue weighted by atomic mass is 10.1. The van der Waals surface area contributed by atoms with E-state index in [1.165, 1.54) is 37.0 Å². The summed E-state index contributed by atoms with van der Waals surface area (Å²) in [5.74, 6) is 0.628. The Hall–Kier alpha value is -1.61. The summed E-state index contributed by atoms with van der Waals surface area (Å²) in [4.78, 5) is 0. The van der Waals surface area contributed by atoms with Gasteiger partial charge in [-0.1, -0.05) is 19.1 Å². The molecule has 1 unspecified atom stereocenters. The number of nitrogens with one attached hydrogen (secondary N) is 1. The quantitative estimate of drug-likeness (QED) is 0.810. The molecule has 1 aromatic heterocycles. The van der Waals surface area contributed by atoms with Gasteiger partial charge in [-0.2, -0.15) is 0 Å². The molecule has 1 aliphatic carbocycles. The highest BCUT2D eigenvalue weighted by Gasteiger charge is 2.32. The third kappa shape index (κ3) is 3.73. The summed E-state index contributed by atoms with van der Waals surface area (Å²) in [6.45, 7) is 4.08. The Labute approximate surface area is 126 Å². The standard InChI is InChI=1S/C18H23FN2/c1-2-10-20-18(15-5-6-15)16-9-11-21(13-16)12-14-3-7-17(19)8-4-14/h3-4,7-9,11,13,15,18,20H,2,5-6,10,12H2,1H3. The van der Waals surface area contributed by atoms with Gasteiger partial charge in [-0.15, -0.1) is 0 Å². The Kier molecular flexibility index (Phi) is 4.39. The van der Waals surface area contributed by atoms with Gasteiger partial charge in [-0.25, -0.2) is 4.39 Å². The average Bonchev–Trinajstić information content (AvgIpc) is 3.22. The van der Waals surface area contributed by atoms with Gasteiger partial charge in [0, 0.05) is 25.0 Å². The molecule has 0 aliphatic heterocycles. The van der Waals surface area contributed by atoms with E-state index in [4.69, 9.17) is 0 Å². The zero-order valence-electron chi connectivity index (χ0n) is 12.6. The highest BCUT2D eigenvalue weighted by Crippen LogP contribution is 2.41. The van der Waals surface area contributed by atoms with Crippen LogP contribution in [0.3, 0.4) is 0 Å². The first-order valence-corrected chi connectivity index (χ1v) is 7.90. The minimum Gasteiger partial charge on any atom is -0.350 e. The summed E-state index contributed by atoms with van der Waals surface area (Å²) >= 11 is 0. The van der Waals surface area contributed by atoms with Crippen LogP contribution in [0.15, 0.2) is 42.7 Å². The van der Waals surface area contributed by atoms with E-state index < -0.39 is 0 Å². The monoisotopic (exact) mass is 286 g/mol. The maximum Gasteiger partial charge on any atom is 0.123 e. The number of aromatic nitrogens is 1. The number of rotatable bonds is 7. The van der Waals surface area contributed by atoms with Gasteiger partial charge in [0.1, 0.15) is 5.82 Å². The van der Waals surface area contributed by atoms with Crippen LogP contribution in [0.1, 0.15) is 43.4 Å². The fraction of sp³-hybridized carbons (Fsp3) is 0.444. The van der Waals surface area contributed by atoms with Crippen molar-refractivity contribution in [2.24, 2.45) is 5.92 Å². The Morgan fingerprint density at radius 3 is 2.67 bits per heavy atom. The first-order valence-electron chi connectivity index (χ1n) is 7.90. The van der Waals surface area contributed by atoms with Crippen LogP contribution < -0.4 is 5.32 Å². The van der Waals surface area contributed by atoms with E-state index in [-0.39, 0.29) is 5.82 Å². The second-order valence-electron chi connectivity index (χ2n) is 6.01. The van der Waals surface area contributed by atoms with Crippen molar-refractivity contribution >= 4 is 0 Å². The number of benzene rings is 1. The molecule has 1 N–H and O–H groups in total. The Morgan fingerprint density at radius 2 is 2.00 bits per heavy atom. The molecule has 2 aromatic rings. The van der Waals surface area contributed by atoms with Gasteiger partial charge >= 0.3 is 0 Å². The van der Waals surface area contributed by atoms with E-state index in [9.17, 15) is 4.39 Å². The molecule has 1 saturated carbocycles. The number of halogens is 1. The second kappa shape index (κ2) is 6.44. The van der Waals surface area contributed by atoms with Crippen molar-refractivity contribution < 1.29 is 4.39 Å². The molecular weight excluding hydrogens is 263 g/mol. The fourth-order valence-corrected chi connectivity index (χ4v) is 2.83. The van der Waals surface area contributed by atoms with E-state index in [0.29, 0.717) is 6.04 Å². The van der Waals surface area contributed by atoms with Gasteiger partial charge in [0.05, 0.1) is 0 Å². The van der Waals surface area contributed by atoms with Crippen LogP contribution in [0.2, 0.25) is 0 Å². The fourth-order valence-electron chi connectivity index (χ4n) is 2.83. The molecule has 0 spiro atoms. The molecule has 3 heteroatoms. The minimum atomic E-state index is -0.176. The van der Waals surface area contributed by atoms with Crippen molar-refractivity contribution in [2.45, 2.75) is 38.8 Å².